The molecule has 4 rings (SSSR count). The second kappa shape index (κ2) is 5.72. The molecule has 4 aliphatic rings. The summed E-state index contributed by atoms with van der Waals surface area (Å²) >= 11 is 0. The topological polar surface area (TPSA) is 52.6 Å². The van der Waals surface area contributed by atoms with E-state index in [1.165, 1.54) is 6.42 Å². The number of hydrogen-bond donors (Lipinski definition) is 0. The fourth-order valence-electron chi connectivity index (χ4n) is 5.97. The van der Waals surface area contributed by atoms with E-state index in [9.17, 15) is 9.59 Å². The number of carbonyl (C=O) groups excluding carboxylic acids is 2. The van der Waals surface area contributed by atoms with Crippen molar-refractivity contribution in [1.29, 1.82) is 0 Å². The van der Waals surface area contributed by atoms with Gasteiger partial charge in [0.25, 0.3) is 0 Å². The molecule has 0 aromatic heterocycles. The second-order valence-electron chi connectivity index (χ2n) is 11.0. The number of ether oxygens (including phenoxy) is 2. The molecule has 142 valence electrons. The third-order valence-electron chi connectivity index (χ3n) is 5.95. The highest BCUT2D eigenvalue weighted by atomic mass is 16.6. The van der Waals surface area contributed by atoms with Gasteiger partial charge in [-0.3, -0.25) is 9.59 Å². The molecule has 0 radical (unpaired) electrons. The lowest BCUT2D eigenvalue weighted by Gasteiger charge is -2.61. The van der Waals surface area contributed by atoms with Crippen LogP contribution < -0.4 is 0 Å². The fraction of sp³-hybridized carbons (Fsp3) is 0.905. The first-order valence-electron chi connectivity index (χ1n) is 9.75. The molecule has 25 heavy (non-hydrogen) atoms. The Labute approximate surface area is 152 Å². The minimum Gasteiger partial charge on any atom is -0.460 e. The first-order valence-corrected chi connectivity index (χ1v) is 9.75. The van der Waals surface area contributed by atoms with Gasteiger partial charge in [0, 0.05) is 0 Å². The third-order valence-corrected chi connectivity index (χ3v) is 5.95. The summed E-state index contributed by atoms with van der Waals surface area (Å²) in [6, 6.07) is 0. The molecule has 0 amide bonds. The Morgan fingerprint density at radius 2 is 1.40 bits per heavy atom. The summed E-state index contributed by atoms with van der Waals surface area (Å²) in [5, 5.41) is 0. The van der Waals surface area contributed by atoms with Gasteiger partial charge in [0.2, 0.25) is 0 Å². The van der Waals surface area contributed by atoms with Crippen LogP contribution >= 0.6 is 0 Å². The lowest BCUT2D eigenvalue weighted by molar-refractivity contribution is -0.195. The van der Waals surface area contributed by atoms with Gasteiger partial charge in [-0.1, -0.05) is 0 Å². The van der Waals surface area contributed by atoms with Crippen LogP contribution in [0.2, 0.25) is 0 Å². The summed E-state index contributed by atoms with van der Waals surface area (Å²) in [4.78, 5) is 25.5. The molecule has 0 spiro atoms. The fourth-order valence-corrected chi connectivity index (χ4v) is 5.97. The molecule has 0 aromatic carbocycles. The summed E-state index contributed by atoms with van der Waals surface area (Å²) in [5.74, 6) is 0.948. The molecule has 4 saturated carbocycles. The molecule has 4 heteroatoms. The Bertz CT molecular complexity index is 549. The van der Waals surface area contributed by atoms with Crippen LogP contribution in [-0.4, -0.2) is 23.1 Å². The standard InChI is InChI=1S/C21H34O4/c1-18(2,3)24-16(22)12-20-8-14-7-15(9-20)11-21(10-14,13-20)17(23)25-19(4,5)6/h14-15H,7-13H2,1-6H3. The largest absolute Gasteiger partial charge is 0.460 e. The average Bonchev–Trinajstić information content (AvgIpc) is 2.30. The van der Waals surface area contributed by atoms with Crippen molar-refractivity contribution in [3.05, 3.63) is 0 Å². The van der Waals surface area contributed by atoms with E-state index < -0.39 is 11.2 Å². The first-order chi connectivity index (χ1) is 11.3. The quantitative estimate of drug-likeness (QED) is 0.695. The van der Waals surface area contributed by atoms with Gasteiger partial charge < -0.3 is 9.47 Å². The molecule has 2 atom stereocenters. The van der Waals surface area contributed by atoms with Crippen LogP contribution in [-0.2, 0) is 19.1 Å². The minimum atomic E-state index is -0.460. The van der Waals surface area contributed by atoms with Crippen LogP contribution in [0.4, 0.5) is 0 Å². The maximum absolute atomic E-state index is 13.0. The Balaban J connectivity index is 1.79. The first kappa shape index (κ1) is 18.7. The highest BCUT2D eigenvalue weighted by Gasteiger charge is 2.62. The number of hydrogen-bond acceptors (Lipinski definition) is 4. The average molecular weight is 350 g/mol. The minimum absolute atomic E-state index is 0.0392. The monoisotopic (exact) mass is 350 g/mol. The summed E-state index contributed by atoms with van der Waals surface area (Å²) in [5.41, 5.74) is -1.36. The van der Waals surface area contributed by atoms with E-state index in [2.05, 4.69) is 0 Å². The van der Waals surface area contributed by atoms with Crippen molar-refractivity contribution in [2.75, 3.05) is 0 Å². The molecule has 4 fully saturated rings. The van der Waals surface area contributed by atoms with E-state index in [1.807, 2.05) is 41.5 Å². The molecule has 4 nitrogen and oxygen atoms in total. The zero-order valence-electron chi connectivity index (χ0n) is 16.7. The van der Waals surface area contributed by atoms with Gasteiger partial charge in [-0.05, 0) is 97.3 Å². The SMILES string of the molecule is CC(C)(C)OC(=O)CC12CC3CC(C1)CC(C(=O)OC(C)(C)C)(C3)C2. The molecule has 0 aromatic rings. The molecule has 0 N–H and O–H groups in total. The van der Waals surface area contributed by atoms with Gasteiger partial charge in [-0.15, -0.1) is 0 Å². The van der Waals surface area contributed by atoms with Gasteiger partial charge in [-0.25, -0.2) is 0 Å². The molecule has 4 aliphatic carbocycles. The van der Waals surface area contributed by atoms with Crippen LogP contribution in [0.5, 0.6) is 0 Å². The van der Waals surface area contributed by atoms with Crippen molar-refractivity contribution in [3.63, 3.8) is 0 Å². The van der Waals surface area contributed by atoms with Crippen molar-refractivity contribution in [3.8, 4) is 0 Å². The Hall–Kier alpha value is -1.06. The van der Waals surface area contributed by atoms with Crippen molar-refractivity contribution in [2.24, 2.45) is 22.7 Å². The normalized spacial score (nSPS) is 37.0. The zero-order chi connectivity index (χ0) is 18.7. The molecule has 4 bridgehead atoms. The highest BCUT2D eigenvalue weighted by molar-refractivity contribution is 5.78. The van der Waals surface area contributed by atoms with Crippen LogP contribution in [0.3, 0.4) is 0 Å². The van der Waals surface area contributed by atoms with Crippen molar-refractivity contribution in [2.45, 2.75) is 97.7 Å². The second-order valence-corrected chi connectivity index (χ2v) is 11.0. The summed E-state index contributed by atoms with van der Waals surface area (Å²) in [7, 11) is 0. The van der Waals surface area contributed by atoms with Gasteiger partial charge >= 0.3 is 11.9 Å². The van der Waals surface area contributed by atoms with E-state index in [1.54, 1.807) is 0 Å². The van der Waals surface area contributed by atoms with Gasteiger partial charge in [0.15, 0.2) is 0 Å². The predicted octanol–water partition coefficient (Wildman–Crippen LogP) is 4.65. The number of rotatable bonds is 3. The number of esters is 2. The Kier molecular flexibility index (Phi) is 4.28. The molecular formula is C21H34O4. The number of carbonyl (C=O) groups is 2. The summed E-state index contributed by atoms with van der Waals surface area (Å²) in [6.07, 6.45) is 6.45. The summed E-state index contributed by atoms with van der Waals surface area (Å²) < 4.78 is 11.4. The van der Waals surface area contributed by atoms with Crippen LogP contribution in [0.1, 0.15) is 86.5 Å². The highest BCUT2D eigenvalue weighted by Crippen LogP contribution is 2.66. The molecule has 0 saturated heterocycles. The predicted molar refractivity (Wildman–Crippen MR) is 95.9 cm³/mol. The maximum atomic E-state index is 13.0. The lowest BCUT2D eigenvalue weighted by atomic mass is 9.43. The molecule has 0 heterocycles. The van der Waals surface area contributed by atoms with E-state index in [0.29, 0.717) is 18.3 Å². The molecular weight excluding hydrogens is 316 g/mol. The van der Waals surface area contributed by atoms with E-state index >= 15 is 0 Å². The van der Waals surface area contributed by atoms with E-state index in [-0.39, 0.29) is 22.8 Å². The van der Waals surface area contributed by atoms with Gasteiger partial charge in [-0.2, -0.15) is 0 Å². The van der Waals surface area contributed by atoms with Crippen LogP contribution in [0, 0.1) is 22.7 Å². The van der Waals surface area contributed by atoms with Crippen LogP contribution in [0.15, 0.2) is 0 Å². The smallest absolute Gasteiger partial charge is 0.312 e. The summed E-state index contributed by atoms with van der Waals surface area (Å²) in [6.45, 7) is 11.5. The molecule has 0 aliphatic heterocycles. The van der Waals surface area contributed by atoms with E-state index in [0.717, 1.165) is 32.1 Å². The van der Waals surface area contributed by atoms with Gasteiger partial charge in [0.1, 0.15) is 11.2 Å². The van der Waals surface area contributed by atoms with Crippen molar-refractivity contribution < 1.29 is 19.1 Å². The lowest BCUT2D eigenvalue weighted by Crippen LogP contribution is -2.56. The van der Waals surface area contributed by atoms with Crippen molar-refractivity contribution in [1.82, 2.24) is 0 Å². The van der Waals surface area contributed by atoms with Crippen molar-refractivity contribution >= 4 is 11.9 Å². The maximum Gasteiger partial charge on any atom is 0.312 e. The van der Waals surface area contributed by atoms with Gasteiger partial charge in [0.05, 0.1) is 11.8 Å². The van der Waals surface area contributed by atoms with Crippen LogP contribution in [0.25, 0.3) is 0 Å². The van der Waals surface area contributed by atoms with E-state index in [4.69, 9.17) is 9.47 Å². The Morgan fingerprint density at radius 1 is 0.880 bits per heavy atom. The zero-order valence-corrected chi connectivity index (χ0v) is 16.7. The Morgan fingerprint density at radius 3 is 1.88 bits per heavy atom. The molecule has 2 unspecified atom stereocenters. The third kappa shape index (κ3) is 4.03.